The molecule has 6 nitrogen and oxygen atoms in total. The number of nitrogens with zero attached hydrogens (tertiary/aromatic N) is 3. The number of carbonyl (C=O) groups is 2. The summed E-state index contributed by atoms with van der Waals surface area (Å²) < 4.78 is 33.2. The predicted octanol–water partition coefficient (Wildman–Crippen LogP) is 2.93. The summed E-state index contributed by atoms with van der Waals surface area (Å²) in [5.41, 5.74) is -0.598. The number of carbonyl (C=O) groups excluding carboxylic acids is 2. The van der Waals surface area contributed by atoms with Gasteiger partial charge in [-0.25, -0.2) is 13.8 Å². The number of oxazole rings is 1. The lowest BCUT2D eigenvalue weighted by Gasteiger charge is -2.13. The second kappa shape index (κ2) is 7.11. The molecule has 0 N–H and O–H groups in total. The topological polar surface area (TPSA) is 75.8 Å². The molecule has 0 radical (unpaired) electrons. The standard InChI is InChI=1S/C19H17F2N3O3/c20-11-4-3-5-12(21)15(11)19-23-16-14(25)10-13(17(26)18(16)27-19)22-6-9-24-7-1-2-8-24/h3-5H,1-2,6-10H2. The molecule has 1 saturated heterocycles. The summed E-state index contributed by atoms with van der Waals surface area (Å²) in [6.45, 7) is 3.16. The lowest BCUT2D eigenvalue weighted by molar-refractivity contribution is 0.0949. The van der Waals surface area contributed by atoms with Crippen molar-refractivity contribution in [3.05, 3.63) is 41.3 Å². The van der Waals surface area contributed by atoms with E-state index in [9.17, 15) is 18.4 Å². The van der Waals surface area contributed by atoms with E-state index in [1.807, 2.05) is 0 Å². The maximum absolute atomic E-state index is 13.9. The van der Waals surface area contributed by atoms with E-state index in [4.69, 9.17) is 4.42 Å². The highest BCUT2D eigenvalue weighted by Gasteiger charge is 2.36. The normalized spacial score (nSPS) is 19.1. The minimum atomic E-state index is -0.881. The Hall–Kier alpha value is -2.74. The van der Waals surface area contributed by atoms with E-state index in [0.717, 1.165) is 44.6 Å². The van der Waals surface area contributed by atoms with Gasteiger partial charge in [0.15, 0.2) is 11.5 Å². The minimum Gasteiger partial charge on any atom is -0.431 e. The van der Waals surface area contributed by atoms with Crippen LogP contribution in [0.3, 0.4) is 0 Å². The van der Waals surface area contributed by atoms with Crippen LogP contribution in [-0.4, -0.2) is 53.3 Å². The molecule has 2 aliphatic rings. The molecule has 1 aliphatic heterocycles. The van der Waals surface area contributed by atoms with Gasteiger partial charge in [0.2, 0.25) is 17.4 Å². The highest BCUT2D eigenvalue weighted by Crippen LogP contribution is 2.30. The highest BCUT2D eigenvalue weighted by atomic mass is 19.1. The van der Waals surface area contributed by atoms with E-state index in [-0.39, 0.29) is 23.6 Å². The van der Waals surface area contributed by atoms with Gasteiger partial charge in [-0.2, -0.15) is 0 Å². The van der Waals surface area contributed by atoms with Crippen molar-refractivity contribution in [2.24, 2.45) is 4.99 Å². The molecule has 27 heavy (non-hydrogen) atoms. The number of aromatic nitrogens is 1. The number of rotatable bonds is 4. The smallest absolute Gasteiger partial charge is 0.244 e. The average molecular weight is 373 g/mol. The summed E-state index contributed by atoms with van der Waals surface area (Å²) in [5, 5.41) is 0. The van der Waals surface area contributed by atoms with Crippen LogP contribution >= 0.6 is 0 Å². The van der Waals surface area contributed by atoms with Crippen LogP contribution in [0.25, 0.3) is 11.5 Å². The number of hydrogen-bond acceptors (Lipinski definition) is 6. The van der Waals surface area contributed by atoms with Gasteiger partial charge in [0.1, 0.15) is 17.2 Å². The van der Waals surface area contributed by atoms with Gasteiger partial charge in [-0.1, -0.05) is 6.07 Å². The molecular weight excluding hydrogens is 356 g/mol. The summed E-state index contributed by atoms with van der Waals surface area (Å²) in [6.07, 6.45) is 2.13. The fraction of sp³-hybridized carbons (Fsp3) is 0.368. The van der Waals surface area contributed by atoms with Gasteiger partial charge in [0, 0.05) is 6.54 Å². The largest absolute Gasteiger partial charge is 0.431 e. The van der Waals surface area contributed by atoms with Crippen LogP contribution in [0.15, 0.2) is 27.6 Å². The van der Waals surface area contributed by atoms with E-state index < -0.39 is 34.7 Å². The predicted molar refractivity (Wildman–Crippen MR) is 93.1 cm³/mol. The second-order valence-electron chi connectivity index (χ2n) is 6.60. The van der Waals surface area contributed by atoms with Crippen molar-refractivity contribution in [3.63, 3.8) is 0 Å². The molecule has 0 spiro atoms. The van der Waals surface area contributed by atoms with E-state index >= 15 is 0 Å². The Morgan fingerprint density at radius 2 is 1.85 bits per heavy atom. The first-order valence-electron chi connectivity index (χ1n) is 8.83. The number of likely N-dealkylation sites (tertiary alicyclic amines) is 1. The van der Waals surface area contributed by atoms with Gasteiger partial charge in [0.25, 0.3) is 0 Å². The third-order valence-electron chi connectivity index (χ3n) is 4.78. The lowest BCUT2D eigenvalue weighted by Crippen LogP contribution is -2.28. The molecule has 8 heteroatoms. The quantitative estimate of drug-likeness (QED) is 0.824. The zero-order valence-electron chi connectivity index (χ0n) is 14.5. The van der Waals surface area contributed by atoms with Crippen molar-refractivity contribution in [3.8, 4) is 11.5 Å². The van der Waals surface area contributed by atoms with Gasteiger partial charge in [0.05, 0.1) is 18.7 Å². The minimum absolute atomic E-state index is 0.100. The van der Waals surface area contributed by atoms with Crippen molar-refractivity contribution in [1.29, 1.82) is 0 Å². The Morgan fingerprint density at radius 3 is 2.56 bits per heavy atom. The molecule has 0 amide bonds. The van der Waals surface area contributed by atoms with Crippen molar-refractivity contribution in [1.82, 2.24) is 9.88 Å². The van der Waals surface area contributed by atoms with Gasteiger partial charge >= 0.3 is 0 Å². The summed E-state index contributed by atoms with van der Waals surface area (Å²) in [5.74, 6) is -3.49. The molecule has 1 fully saturated rings. The van der Waals surface area contributed by atoms with Crippen molar-refractivity contribution in [2.75, 3.05) is 26.2 Å². The van der Waals surface area contributed by atoms with Crippen LogP contribution in [0.5, 0.6) is 0 Å². The van der Waals surface area contributed by atoms with E-state index in [1.165, 1.54) is 6.07 Å². The maximum atomic E-state index is 13.9. The fourth-order valence-corrected chi connectivity index (χ4v) is 3.38. The van der Waals surface area contributed by atoms with Crippen LogP contribution in [0.4, 0.5) is 8.78 Å². The molecular formula is C19H17F2N3O3. The second-order valence-corrected chi connectivity index (χ2v) is 6.60. The molecule has 0 saturated carbocycles. The van der Waals surface area contributed by atoms with Crippen molar-refractivity contribution >= 4 is 17.3 Å². The van der Waals surface area contributed by atoms with Gasteiger partial charge in [-0.3, -0.25) is 14.6 Å². The van der Waals surface area contributed by atoms with Crippen molar-refractivity contribution < 1.29 is 22.8 Å². The zero-order valence-corrected chi connectivity index (χ0v) is 14.5. The number of ketones is 2. The highest BCUT2D eigenvalue weighted by molar-refractivity contribution is 6.51. The molecule has 0 unspecified atom stereocenters. The third-order valence-corrected chi connectivity index (χ3v) is 4.78. The Morgan fingerprint density at radius 1 is 1.15 bits per heavy atom. The molecule has 0 bridgehead atoms. The van der Waals surface area contributed by atoms with Gasteiger partial charge in [-0.05, 0) is 38.1 Å². The van der Waals surface area contributed by atoms with Crippen LogP contribution < -0.4 is 0 Å². The molecule has 1 aromatic carbocycles. The molecule has 4 rings (SSSR count). The van der Waals surface area contributed by atoms with Crippen LogP contribution in [-0.2, 0) is 0 Å². The number of Topliss-reactive ketones (excluding diaryl/α,β-unsaturated/α-hetero) is 2. The molecule has 140 valence electrons. The number of aliphatic imine (C=N–C) groups is 1. The van der Waals surface area contributed by atoms with Crippen molar-refractivity contribution in [2.45, 2.75) is 19.3 Å². The number of hydrogen-bond donors (Lipinski definition) is 0. The molecule has 2 heterocycles. The van der Waals surface area contributed by atoms with Gasteiger partial charge in [-0.15, -0.1) is 0 Å². The number of benzene rings is 1. The first-order valence-corrected chi connectivity index (χ1v) is 8.83. The maximum Gasteiger partial charge on any atom is 0.244 e. The summed E-state index contributed by atoms with van der Waals surface area (Å²) in [7, 11) is 0. The Bertz CT molecular complexity index is 925. The summed E-state index contributed by atoms with van der Waals surface area (Å²) in [6, 6.07) is 3.31. The Kier molecular flexibility index (Phi) is 4.65. The van der Waals surface area contributed by atoms with Crippen LogP contribution in [0.1, 0.15) is 40.3 Å². The molecule has 0 atom stereocenters. The van der Waals surface area contributed by atoms with E-state index in [2.05, 4.69) is 14.9 Å². The monoisotopic (exact) mass is 373 g/mol. The Balaban J connectivity index is 1.60. The van der Waals surface area contributed by atoms with Crippen LogP contribution in [0.2, 0.25) is 0 Å². The lowest BCUT2D eigenvalue weighted by atomic mass is 9.97. The fourth-order valence-electron chi connectivity index (χ4n) is 3.38. The average Bonchev–Trinajstić information content (AvgIpc) is 3.29. The number of halogens is 2. The molecule has 1 aromatic heterocycles. The van der Waals surface area contributed by atoms with E-state index in [1.54, 1.807) is 0 Å². The van der Waals surface area contributed by atoms with Crippen LogP contribution in [0, 0.1) is 11.6 Å². The summed E-state index contributed by atoms with van der Waals surface area (Å²) in [4.78, 5) is 35.3. The van der Waals surface area contributed by atoms with E-state index in [0.29, 0.717) is 6.54 Å². The first-order chi connectivity index (χ1) is 13.0. The third kappa shape index (κ3) is 3.32. The molecule has 1 aliphatic carbocycles. The SMILES string of the molecule is O=C1CC(=NCCN2CCCC2)C(=O)c2oc(-c3c(F)cccc3F)nc21. The zero-order chi connectivity index (χ0) is 19.0. The Labute approximate surface area is 153 Å². The summed E-state index contributed by atoms with van der Waals surface area (Å²) >= 11 is 0. The molecule has 2 aromatic rings. The van der Waals surface area contributed by atoms with Gasteiger partial charge < -0.3 is 9.32 Å². The first kappa shape index (κ1) is 17.7. The number of fused-ring (bicyclic) bond motifs is 1.